The Morgan fingerprint density at radius 2 is 1.27 bits per heavy atom. The molecule has 2 nitrogen and oxygen atoms in total. The Balaban J connectivity index is 1.88. The summed E-state index contributed by atoms with van der Waals surface area (Å²) in [7, 11) is 0. The fourth-order valence-corrected chi connectivity index (χ4v) is 3.00. The smallest absolute Gasteiger partial charge is 0.160 e. The summed E-state index contributed by atoms with van der Waals surface area (Å²) in [5.41, 5.74) is 5.60. The summed E-state index contributed by atoms with van der Waals surface area (Å²) >= 11 is 0. The molecule has 0 spiro atoms. The van der Waals surface area contributed by atoms with Crippen LogP contribution in [0, 0.1) is 0 Å². The molecule has 2 heteroatoms. The van der Waals surface area contributed by atoms with E-state index in [1.165, 1.54) is 0 Å². The quantitative estimate of drug-likeness (QED) is 0.429. The molecule has 26 heavy (non-hydrogen) atoms. The molecule has 0 fully saturated rings. The van der Waals surface area contributed by atoms with Gasteiger partial charge in [-0.3, -0.25) is 0 Å². The van der Waals surface area contributed by atoms with Crippen LogP contribution in [0.5, 0.6) is 0 Å². The molecule has 0 aliphatic heterocycles. The van der Waals surface area contributed by atoms with E-state index in [9.17, 15) is 0 Å². The Morgan fingerprint density at radius 3 is 2.00 bits per heavy atom. The highest BCUT2D eigenvalue weighted by Crippen LogP contribution is 2.33. The van der Waals surface area contributed by atoms with E-state index in [0.29, 0.717) is 0 Å². The van der Waals surface area contributed by atoms with Crippen LogP contribution in [0.3, 0.4) is 0 Å². The van der Waals surface area contributed by atoms with Crippen LogP contribution in [0.1, 0.15) is 11.1 Å². The van der Waals surface area contributed by atoms with Crippen molar-refractivity contribution in [2.24, 2.45) is 0 Å². The van der Waals surface area contributed by atoms with Gasteiger partial charge in [0.05, 0.1) is 0 Å². The number of hydrogen-bond acceptors (Lipinski definition) is 2. The Bertz CT molecular complexity index is 1010. The maximum atomic E-state index is 4.51. The molecule has 124 valence electrons. The van der Waals surface area contributed by atoms with Crippen molar-refractivity contribution in [2.75, 3.05) is 0 Å². The lowest BCUT2D eigenvalue weighted by Gasteiger charge is -2.12. The van der Waals surface area contributed by atoms with Gasteiger partial charge in [-0.25, -0.2) is 9.97 Å². The first-order valence-corrected chi connectivity index (χ1v) is 8.61. The number of aromatic nitrogens is 2. The number of nitrogens with zero attached hydrogens (tertiary/aromatic N) is 2. The summed E-state index contributed by atoms with van der Waals surface area (Å²) in [6.07, 6.45) is 7.83. The molecular formula is C24H18N2. The van der Waals surface area contributed by atoms with E-state index in [1.54, 1.807) is 12.4 Å². The van der Waals surface area contributed by atoms with E-state index in [1.807, 2.05) is 30.3 Å². The van der Waals surface area contributed by atoms with Gasteiger partial charge in [-0.15, -0.1) is 0 Å². The van der Waals surface area contributed by atoms with Gasteiger partial charge in [-0.1, -0.05) is 91.0 Å². The predicted octanol–water partition coefficient (Wildman–Crippen LogP) is 5.98. The molecule has 0 bridgehead atoms. The predicted molar refractivity (Wildman–Crippen MR) is 108 cm³/mol. The third-order valence-electron chi connectivity index (χ3n) is 4.23. The molecule has 0 N–H and O–H groups in total. The average molecular weight is 334 g/mol. The molecule has 0 radical (unpaired) electrons. The Hall–Kier alpha value is -3.52. The lowest BCUT2D eigenvalue weighted by atomic mass is 9.94. The molecule has 1 aromatic heterocycles. The van der Waals surface area contributed by atoms with Crippen molar-refractivity contribution in [3.8, 4) is 22.5 Å². The highest BCUT2D eigenvalue weighted by molar-refractivity contribution is 5.89. The van der Waals surface area contributed by atoms with Crippen LogP contribution in [0.4, 0.5) is 0 Å². The van der Waals surface area contributed by atoms with E-state index < -0.39 is 0 Å². The highest BCUT2D eigenvalue weighted by atomic mass is 14.9. The fourth-order valence-electron chi connectivity index (χ4n) is 3.00. The summed E-state index contributed by atoms with van der Waals surface area (Å²) in [5.74, 6) is 0.736. The molecule has 3 aromatic carbocycles. The van der Waals surface area contributed by atoms with Crippen molar-refractivity contribution in [3.05, 3.63) is 108 Å². The molecule has 0 saturated carbocycles. The highest BCUT2D eigenvalue weighted by Gasteiger charge is 2.12. The third kappa shape index (κ3) is 3.45. The minimum atomic E-state index is 0.736. The van der Waals surface area contributed by atoms with Gasteiger partial charge in [0.2, 0.25) is 0 Å². The monoisotopic (exact) mass is 334 g/mol. The van der Waals surface area contributed by atoms with Gasteiger partial charge in [0, 0.05) is 18.0 Å². The van der Waals surface area contributed by atoms with Crippen LogP contribution in [0.25, 0.3) is 34.7 Å². The molecule has 4 aromatic rings. The summed E-state index contributed by atoms with van der Waals surface area (Å²) in [5, 5.41) is 0. The lowest BCUT2D eigenvalue weighted by Crippen LogP contribution is -1.94. The average Bonchev–Trinajstić information content (AvgIpc) is 2.74. The first-order valence-electron chi connectivity index (χ1n) is 8.61. The summed E-state index contributed by atoms with van der Waals surface area (Å²) in [4.78, 5) is 9.01. The Morgan fingerprint density at radius 1 is 0.577 bits per heavy atom. The minimum Gasteiger partial charge on any atom is -0.237 e. The summed E-state index contributed by atoms with van der Waals surface area (Å²) < 4.78 is 0. The zero-order chi connectivity index (χ0) is 17.6. The van der Waals surface area contributed by atoms with Crippen molar-refractivity contribution in [1.82, 2.24) is 9.97 Å². The second kappa shape index (κ2) is 7.58. The van der Waals surface area contributed by atoms with Crippen LogP contribution < -0.4 is 0 Å². The zero-order valence-corrected chi connectivity index (χ0v) is 14.3. The van der Waals surface area contributed by atoms with E-state index >= 15 is 0 Å². The fraction of sp³-hybridized carbons (Fsp3) is 0. The molecule has 0 aliphatic rings. The Kier molecular flexibility index (Phi) is 4.66. The molecule has 0 unspecified atom stereocenters. The van der Waals surface area contributed by atoms with Crippen LogP contribution in [0.15, 0.2) is 97.3 Å². The topological polar surface area (TPSA) is 25.8 Å². The lowest BCUT2D eigenvalue weighted by molar-refractivity contribution is 1.17. The van der Waals surface area contributed by atoms with Crippen LogP contribution >= 0.6 is 0 Å². The summed E-state index contributed by atoms with van der Waals surface area (Å²) in [6.45, 7) is 0. The van der Waals surface area contributed by atoms with Gasteiger partial charge in [-0.2, -0.15) is 0 Å². The molecule has 0 amide bonds. The van der Waals surface area contributed by atoms with Gasteiger partial charge in [-0.05, 0) is 28.3 Å². The van der Waals surface area contributed by atoms with Gasteiger partial charge in [0.25, 0.3) is 0 Å². The van der Waals surface area contributed by atoms with Crippen molar-refractivity contribution in [2.45, 2.75) is 0 Å². The summed E-state index contributed by atoms with van der Waals surface area (Å²) in [6, 6.07) is 28.8. The molecular weight excluding hydrogens is 316 g/mol. The van der Waals surface area contributed by atoms with E-state index in [4.69, 9.17) is 0 Å². The van der Waals surface area contributed by atoms with Crippen molar-refractivity contribution in [3.63, 3.8) is 0 Å². The second-order valence-electron chi connectivity index (χ2n) is 5.95. The second-order valence-corrected chi connectivity index (χ2v) is 5.95. The van der Waals surface area contributed by atoms with Gasteiger partial charge < -0.3 is 0 Å². The minimum absolute atomic E-state index is 0.736. The molecule has 1 heterocycles. The van der Waals surface area contributed by atoms with Crippen molar-refractivity contribution in [1.29, 1.82) is 0 Å². The number of rotatable bonds is 4. The van der Waals surface area contributed by atoms with Crippen molar-refractivity contribution < 1.29 is 0 Å². The van der Waals surface area contributed by atoms with E-state index in [0.717, 1.165) is 33.6 Å². The molecule has 0 aliphatic carbocycles. The normalized spacial score (nSPS) is 10.9. The third-order valence-corrected chi connectivity index (χ3v) is 4.23. The van der Waals surface area contributed by atoms with Crippen LogP contribution in [-0.4, -0.2) is 9.97 Å². The zero-order valence-electron chi connectivity index (χ0n) is 14.3. The molecule has 0 atom stereocenters. The number of hydrogen-bond donors (Lipinski definition) is 0. The number of benzene rings is 3. The van der Waals surface area contributed by atoms with Crippen LogP contribution in [0.2, 0.25) is 0 Å². The molecule has 4 rings (SSSR count). The molecule has 0 saturated heterocycles. The first-order chi connectivity index (χ1) is 12.9. The maximum Gasteiger partial charge on any atom is 0.160 e. The SMILES string of the molecule is C(=Cc1cccc(-c2ccccc2)c1-c1ncccn1)c1ccccc1. The van der Waals surface area contributed by atoms with E-state index in [2.05, 4.69) is 76.7 Å². The largest absolute Gasteiger partial charge is 0.237 e. The first kappa shape index (κ1) is 16.0. The van der Waals surface area contributed by atoms with E-state index in [-0.39, 0.29) is 0 Å². The Labute approximate surface area is 153 Å². The standard InChI is InChI=1S/C24H18N2/c1-3-9-19(10-4-1)15-16-21-13-7-14-22(20-11-5-2-6-12-20)23(21)24-25-17-8-18-26-24/h1-18H. The van der Waals surface area contributed by atoms with Gasteiger partial charge in [0.15, 0.2) is 5.82 Å². The van der Waals surface area contributed by atoms with Gasteiger partial charge in [0.1, 0.15) is 0 Å². The van der Waals surface area contributed by atoms with Crippen LogP contribution in [-0.2, 0) is 0 Å². The van der Waals surface area contributed by atoms with Crippen molar-refractivity contribution >= 4 is 12.2 Å². The van der Waals surface area contributed by atoms with Gasteiger partial charge >= 0.3 is 0 Å². The maximum absolute atomic E-state index is 4.51.